The molecule has 0 aliphatic carbocycles. The average Bonchev–Trinajstić information content (AvgIpc) is 2.50. The predicted molar refractivity (Wildman–Crippen MR) is 77.0 cm³/mol. The Bertz CT molecular complexity index is 615. The van der Waals surface area contributed by atoms with E-state index in [-0.39, 0.29) is 11.8 Å². The second-order valence-electron chi connectivity index (χ2n) is 4.55. The molecule has 0 radical (unpaired) electrons. The van der Waals surface area contributed by atoms with E-state index in [4.69, 9.17) is 10.5 Å². The topological polar surface area (TPSA) is 89.2 Å². The number of nitrogens with zero attached hydrogens (tertiary/aromatic N) is 4. The van der Waals surface area contributed by atoms with E-state index in [1.165, 1.54) is 12.1 Å². The SMILES string of the molecule is Nc1nc(Nc2ccc(F)cc2)nc(N2CCOCC2)n1. The van der Waals surface area contributed by atoms with Crippen LogP contribution in [-0.4, -0.2) is 41.3 Å². The van der Waals surface area contributed by atoms with Gasteiger partial charge in [-0.25, -0.2) is 4.39 Å². The second kappa shape index (κ2) is 5.88. The molecule has 1 aromatic heterocycles. The molecule has 1 aromatic carbocycles. The molecule has 0 spiro atoms. The van der Waals surface area contributed by atoms with Crippen LogP contribution < -0.4 is 16.0 Å². The van der Waals surface area contributed by atoms with Gasteiger partial charge in [0.2, 0.25) is 17.8 Å². The summed E-state index contributed by atoms with van der Waals surface area (Å²) in [5.74, 6) is 0.673. The fourth-order valence-corrected chi connectivity index (χ4v) is 2.00. The van der Waals surface area contributed by atoms with Crippen LogP contribution in [0.5, 0.6) is 0 Å². The molecule has 0 atom stereocenters. The third-order valence-corrected chi connectivity index (χ3v) is 3.04. The van der Waals surface area contributed by atoms with Gasteiger partial charge in [-0.3, -0.25) is 0 Å². The number of anilines is 4. The van der Waals surface area contributed by atoms with Crippen LogP contribution in [0, 0.1) is 5.82 Å². The number of aromatic nitrogens is 3. The van der Waals surface area contributed by atoms with Crippen molar-refractivity contribution < 1.29 is 9.13 Å². The van der Waals surface area contributed by atoms with E-state index < -0.39 is 0 Å². The monoisotopic (exact) mass is 290 g/mol. The summed E-state index contributed by atoms with van der Waals surface area (Å²) in [5.41, 5.74) is 6.40. The normalized spacial score (nSPS) is 15.0. The number of morpholine rings is 1. The van der Waals surface area contributed by atoms with Gasteiger partial charge in [0.05, 0.1) is 13.2 Å². The second-order valence-corrected chi connectivity index (χ2v) is 4.55. The number of nitrogens with two attached hydrogens (primary N) is 1. The minimum absolute atomic E-state index is 0.135. The van der Waals surface area contributed by atoms with Gasteiger partial charge in [-0.1, -0.05) is 0 Å². The Morgan fingerprint density at radius 2 is 1.81 bits per heavy atom. The quantitative estimate of drug-likeness (QED) is 0.877. The summed E-state index contributed by atoms with van der Waals surface area (Å²) in [6.07, 6.45) is 0. The highest BCUT2D eigenvalue weighted by Crippen LogP contribution is 2.17. The van der Waals surface area contributed by atoms with E-state index in [0.29, 0.717) is 43.9 Å². The lowest BCUT2D eigenvalue weighted by molar-refractivity contribution is 0.122. The van der Waals surface area contributed by atoms with Gasteiger partial charge in [0.25, 0.3) is 0 Å². The van der Waals surface area contributed by atoms with Crippen molar-refractivity contribution in [1.29, 1.82) is 0 Å². The first-order valence-corrected chi connectivity index (χ1v) is 6.57. The van der Waals surface area contributed by atoms with Gasteiger partial charge in [0.1, 0.15) is 5.82 Å². The number of halogens is 1. The average molecular weight is 290 g/mol. The molecule has 1 saturated heterocycles. The molecule has 0 amide bonds. The molecule has 1 fully saturated rings. The molecule has 0 unspecified atom stereocenters. The van der Waals surface area contributed by atoms with Gasteiger partial charge < -0.3 is 20.7 Å². The minimum atomic E-state index is -0.301. The Morgan fingerprint density at radius 1 is 1.10 bits per heavy atom. The lowest BCUT2D eigenvalue weighted by Gasteiger charge is -2.26. The zero-order chi connectivity index (χ0) is 14.7. The molecule has 3 N–H and O–H groups in total. The lowest BCUT2D eigenvalue weighted by Crippen LogP contribution is -2.37. The van der Waals surface area contributed by atoms with Crippen LogP contribution in [-0.2, 0) is 4.74 Å². The molecular weight excluding hydrogens is 275 g/mol. The lowest BCUT2D eigenvalue weighted by atomic mass is 10.3. The van der Waals surface area contributed by atoms with Crippen LogP contribution in [0.3, 0.4) is 0 Å². The fourth-order valence-electron chi connectivity index (χ4n) is 2.00. The summed E-state index contributed by atoms with van der Waals surface area (Å²) < 4.78 is 18.2. The van der Waals surface area contributed by atoms with Crippen molar-refractivity contribution >= 4 is 23.5 Å². The summed E-state index contributed by atoms with van der Waals surface area (Å²) >= 11 is 0. The number of hydrogen-bond acceptors (Lipinski definition) is 7. The van der Waals surface area contributed by atoms with Crippen molar-refractivity contribution in [2.75, 3.05) is 42.3 Å². The molecule has 1 aliphatic heterocycles. The summed E-state index contributed by atoms with van der Waals surface area (Å²) in [6.45, 7) is 2.68. The van der Waals surface area contributed by atoms with Gasteiger partial charge >= 0.3 is 0 Å². The fraction of sp³-hybridized carbons (Fsp3) is 0.308. The standard InChI is InChI=1S/C13H15FN6O/c14-9-1-3-10(4-2-9)16-12-17-11(15)18-13(19-12)20-5-7-21-8-6-20/h1-4H,5-8H2,(H3,15,16,17,18,19). The van der Waals surface area contributed by atoms with Gasteiger partial charge in [-0.05, 0) is 24.3 Å². The Balaban J connectivity index is 1.81. The van der Waals surface area contributed by atoms with E-state index in [9.17, 15) is 4.39 Å². The van der Waals surface area contributed by atoms with Gasteiger partial charge in [-0.2, -0.15) is 15.0 Å². The zero-order valence-electron chi connectivity index (χ0n) is 11.3. The number of nitrogen functional groups attached to an aromatic ring is 1. The van der Waals surface area contributed by atoms with Crippen LogP contribution in [0.2, 0.25) is 0 Å². The van der Waals surface area contributed by atoms with E-state index in [1.807, 2.05) is 4.90 Å². The molecule has 0 saturated carbocycles. The van der Waals surface area contributed by atoms with Gasteiger partial charge in [0, 0.05) is 18.8 Å². The maximum atomic E-state index is 12.9. The van der Waals surface area contributed by atoms with Crippen LogP contribution >= 0.6 is 0 Å². The number of rotatable bonds is 3. The highest BCUT2D eigenvalue weighted by atomic mass is 19.1. The van der Waals surface area contributed by atoms with Crippen LogP contribution in [0.15, 0.2) is 24.3 Å². The van der Waals surface area contributed by atoms with Gasteiger partial charge in [-0.15, -0.1) is 0 Å². The van der Waals surface area contributed by atoms with Crippen molar-refractivity contribution in [1.82, 2.24) is 15.0 Å². The highest BCUT2D eigenvalue weighted by molar-refractivity contribution is 5.55. The van der Waals surface area contributed by atoms with E-state index >= 15 is 0 Å². The Labute approximate surface area is 121 Å². The molecule has 110 valence electrons. The van der Waals surface area contributed by atoms with Crippen molar-refractivity contribution in [2.24, 2.45) is 0 Å². The number of ether oxygens (including phenoxy) is 1. The van der Waals surface area contributed by atoms with Gasteiger partial charge in [0.15, 0.2) is 0 Å². The molecule has 3 rings (SSSR count). The number of nitrogens with one attached hydrogen (secondary N) is 1. The maximum Gasteiger partial charge on any atom is 0.233 e. The number of benzene rings is 1. The Kier molecular flexibility index (Phi) is 3.78. The van der Waals surface area contributed by atoms with Crippen LogP contribution in [0.4, 0.5) is 27.9 Å². The summed E-state index contributed by atoms with van der Waals surface area (Å²) in [6, 6.07) is 5.92. The van der Waals surface area contributed by atoms with E-state index in [1.54, 1.807) is 12.1 Å². The molecule has 2 aromatic rings. The van der Waals surface area contributed by atoms with Crippen molar-refractivity contribution in [3.63, 3.8) is 0 Å². The largest absolute Gasteiger partial charge is 0.378 e. The Hall–Kier alpha value is -2.48. The van der Waals surface area contributed by atoms with Crippen molar-refractivity contribution in [3.05, 3.63) is 30.1 Å². The Morgan fingerprint density at radius 3 is 2.52 bits per heavy atom. The third kappa shape index (κ3) is 3.34. The molecular formula is C13H15FN6O. The molecule has 21 heavy (non-hydrogen) atoms. The molecule has 8 heteroatoms. The van der Waals surface area contributed by atoms with Crippen molar-refractivity contribution in [3.8, 4) is 0 Å². The van der Waals surface area contributed by atoms with Crippen LogP contribution in [0.1, 0.15) is 0 Å². The summed E-state index contributed by atoms with van der Waals surface area (Å²) in [5, 5.41) is 2.98. The summed E-state index contributed by atoms with van der Waals surface area (Å²) in [7, 11) is 0. The molecule has 2 heterocycles. The van der Waals surface area contributed by atoms with Crippen molar-refractivity contribution in [2.45, 2.75) is 0 Å². The molecule has 0 bridgehead atoms. The number of hydrogen-bond donors (Lipinski definition) is 2. The first-order chi connectivity index (χ1) is 10.2. The molecule has 1 aliphatic rings. The third-order valence-electron chi connectivity index (χ3n) is 3.04. The minimum Gasteiger partial charge on any atom is -0.378 e. The first kappa shape index (κ1) is 13.5. The zero-order valence-corrected chi connectivity index (χ0v) is 11.3. The van der Waals surface area contributed by atoms with E-state index in [0.717, 1.165) is 0 Å². The van der Waals surface area contributed by atoms with E-state index in [2.05, 4.69) is 20.3 Å². The summed E-state index contributed by atoms with van der Waals surface area (Å²) in [4.78, 5) is 14.5. The smallest absolute Gasteiger partial charge is 0.233 e. The molecule has 7 nitrogen and oxygen atoms in total. The van der Waals surface area contributed by atoms with Crippen LogP contribution in [0.25, 0.3) is 0 Å². The first-order valence-electron chi connectivity index (χ1n) is 6.57. The maximum absolute atomic E-state index is 12.9. The highest BCUT2D eigenvalue weighted by Gasteiger charge is 2.15. The predicted octanol–water partition coefficient (Wildman–Crippen LogP) is 1.17.